The molecule has 152 valence electrons. The zero-order valence-electron chi connectivity index (χ0n) is 14.5. The van der Waals surface area contributed by atoms with Crippen molar-refractivity contribution in [1.29, 1.82) is 0 Å². The van der Waals surface area contributed by atoms with Crippen molar-refractivity contribution in [3.05, 3.63) is 71.6 Å². The molecular formula is C17H14F3N5O3S. The van der Waals surface area contributed by atoms with Crippen molar-refractivity contribution in [3.8, 4) is 5.69 Å². The number of carbonyl (C=O) groups is 1. The monoisotopic (exact) mass is 425 g/mol. The van der Waals surface area contributed by atoms with Gasteiger partial charge in [0.25, 0.3) is 6.43 Å². The zero-order valence-corrected chi connectivity index (χ0v) is 15.4. The summed E-state index contributed by atoms with van der Waals surface area (Å²) in [6, 6.07) is 8.89. The van der Waals surface area contributed by atoms with Gasteiger partial charge >= 0.3 is 0 Å². The Morgan fingerprint density at radius 2 is 1.83 bits per heavy atom. The summed E-state index contributed by atoms with van der Waals surface area (Å²) >= 11 is 0. The molecule has 0 radical (unpaired) electrons. The topological polar surface area (TPSA) is 134 Å². The first-order valence-corrected chi connectivity index (χ1v) is 9.54. The van der Waals surface area contributed by atoms with Gasteiger partial charge in [-0.1, -0.05) is 24.3 Å². The zero-order chi connectivity index (χ0) is 21.3. The number of halogens is 3. The molecule has 1 aromatic heterocycles. The van der Waals surface area contributed by atoms with Crippen molar-refractivity contribution in [2.45, 2.75) is 17.2 Å². The fraction of sp³-hybridized carbons (Fsp3) is 0.118. The third kappa shape index (κ3) is 4.12. The quantitative estimate of drug-likeness (QED) is 0.619. The second-order valence-corrected chi connectivity index (χ2v) is 7.51. The highest BCUT2D eigenvalue weighted by molar-refractivity contribution is 7.89. The van der Waals surface area contributed by atoms with E-state index in [9.17, 15) is 26.4 Å². The molecule has 3 aromatic rings. The van der Waals surface area contributed by atoms with Crippen LogP contribution in [0.4, 0.5) is 13.2 Å². The first-order valence-electron chi connectivity index (χ1n) is 8.00. The Kier molecular flexibility index (Phi) is 5.40. The fourth-order valence-electron chi connectivity index (χ4n) is 2.83. The summed E-state index contributed by atoms with van der Waals surface area (Å²) in [5, 5.41) is 8.77. The number of hydrogen-bond donors (Lipinski definition) is 2. The second kappa shape index (κ2) is 7.64. The van der Waals surface area contributed by atoms with Crippen LogP contribution in [-0.4, -0.2) is 29.1 Å². The number of sulfonamides is 1. The van der Waals surface area contributed by atoms with E-state index < -0.39 is 44.8 Å². The average Bonchev–Trinajstić information content (AvgIpc) is 3.13. The van der Waals surface area contributed by atoms with Gasteiger partial charge in [0.15, 0.2) is 0 Å². The minimum absolute atomic E-state index is 0.0459. The summed E-state index contributed by atoms with van der Waals surface area (Å²) in [7, 11) is -4.39. The molecular weight excluding hydrogens is 411 g/mol. The second-order valence-electron chi connectivity index (χ2n) is 5.98. The number of primary sulfonamides is 1. The molecule has 12 heteroatoms. The highest BCUT2D eigenvalue weighted by Crippen LogP contribution is 2.30. The number of benzene rings is 2. The van der Waals surface area contributed by atoms with Crippen molar-refractivity contribution in [2.24, 2.45) is 10.9 Å². The van der Waals surface area contributed by atoms with Gasteiger partial charge in [-0.3, -0.25) is 4.79 Å². The van der Waals surface area contributed by atoms with Crippen LogP contribution < -0.4 is 10.9 Å². The minimum atomic E-state index is -4.39. The van der Waals surface area contributed by atoms with Gasteiger partial charge in [-0.2, -0.15) is 0 Å². The Morgan fingerprint density at radius 1 is 1.14 bits per heavy atom. The van der Waals surface area contributed by atoms with E-state index in [0.29, 0.717) is 0 Å². The van der Waals surface area contributed by atoms with Crippen LogP contribution in [0.2, 0.25) is 0 Å². The molecule has 4 N–H and O–H groups in total. The normalized spacial score (nSPS) is 12.9. The number of alkyl halides is 2. The van der Waals surface area contributed by atoms with E-state index >= 15 is 0 Å². The number of hydrogen-bond acceptors (Lipinski definition) is 5. The lowest BCUT2D eigenvalue weighted by Crippen LogP contribution is -2.24. The molecule has 0 fully saturated rings. The average molecular weight is 425 g/mol. The highest BCUT2D eigenvalue weighted by Gasteiger charge is 2.27. The molecule has 0 aliphatic heterocycles. The molecule has 0 saturated carbocycles. The predicted octanol–water partition coefficient (Wildman–Crippen LogP) is 1.61. The number of nitrogens with zero attached hydrogens (tertiary/aromatic N) is 3. The van der Waals surface area contributed by atoms with Crippen molar-refractivity contribution >= 4 is 15.9 Å². The van der Waals surface area contributed by atoms with E-state index in [-0.39, 0.29) is 16.8 Å². The number of amides is 1. The van der Waals surface area contributed by atoms with Crippen LogP contribution in [0.1, 0.15) is 29.3 Å². The van der Waals surface area contributed by atoms with Crippen LogP contribution in [0.3, 0.4) is 0 Å². The first kappa shape index (κ1) is 20.5. The van der Waals surface area contributed by atoms with E-state index in [1.165, 1.54) is 30.3 Å². The Hall–Kier alpha value is -3.25. The van der Waals surface area contributed by atoms with Crippen LogP contribution in [0.25, 0.3) is 5.69 Å². The largest absolute Gasteiger partial charge is 0.369 e. The van der Waals surface area contributed by atoms with E-state index in [2.05, 4.69) is 10.1 Å². The lowest BCUT2D eigenvalue weighted by Gasteiger charge is -2.17. The van der Waals surface area contributed by atoms with Crippen LogP contribution in [0, 0.1) is 5.82 Å². The molecule has 0 bridgehead atoms. The summed E-state index contributed by atoms with van der Waals surface area (Å²) in [5.74, 6) is -3.76. The van der Waals surface area contributed by atoms with Gasteiger partial charge in [0.2, 0.25) is 21.8 Å². The number of carbonyl (C=O) groups excluding carboxylic acids is 1. The van der Waals surface area contributed by atoms with E-state index in [1.54, 1.807) is 0 Å². The Balaban J connectivity index is 2.19. The highest BCUT2D eigenvalue weighted by atomic mass is 32.2. The number of primary amides is 1. The van der Waals surface area contributed by atoms with Crippen molar-refractivity contribution < 1.29 is 26.4 Å². The Labute approximate surface area is 163 Å². The maximum Gasteiger partial charge on any atom is 0.299 e. The molecule has 29 heavy (non-hydrogen) atoms. The van der Waals surface area contributed by atoms with Crippen molar-refractivity contribution in [1.82, 2.24) is 14.8 Å². The fourth-order valence-corrected chi connectivity index (χ4v) is 3.58. The summed E-state index contributed by atoms with van der Waals surface area (Å²) in [5.41, 5.74) is 5.23. The summed E-state index contributed by atoms with van der Waals surface area (Å²) < 4.78 is 64.7. The summed E-state index contributed by atoms with van der Waals surface area (Å²) in [6.07, 6.45) is -2.07. The van der Waals surface area contributed by atoms with Gasteiger partial charge in [0.05, 0.1) is 11.6 Å². The molecule has 3 rings (SSSR count). The number of aromatic nitrogens is 3. The van der Waals surface area contributed by atoms with Gasteiger partial charge in [-0.15, -0.1) is 5.10 Å². The van der Waals surface area contributed by atoms with Gasteiger partial charge in [-0.05, 0) is 23.8 Å². The van der Waals surface area contributed by atoms with Crippen LogP contribution >= 0.6 is 0 Å². The van der Waals surface area contributed by atoms with Crippen LogP contribution in [-0.2, 0) is 14.8 Å². The maximum absolute atomic E-state index is 14.2. The van der Waals surface area contributed by atoms with Crippen molar-refractivity contribution in [2.75, 3.05) is 0 Å². The van der Waals surface area contributed by atoms with Gasteiger partial charge in [0.1, 0.15) is 17.0 Å². The lowest BCUT2D eigenvalue weighted by atomic mass is 9.90. The van der Waals surface area contributed by atoms with Gasteiger partial charge in [0, 0.05) is 5.56 Å². The molecule has 8 nitrogen and oxygen atoms in total. The lowest BCUT2D eigenvalue weighted by molar-refractivity contribution is -0.118. The van der Waals surface area contributed by atoms with E-state index in [4.69, 9.17) is 10.9 Å². The Bertz CT molecular complexity index is 1180. The first-order chi connectivity index (χ1) is 13.6. The summed E-state index contributed by atoms with van der Waals surface area (Å²) in [6.45, 7) is 0. The minimum Gasteiger partial charge on any atom is -0.369 e. The van der Waals surface area contributed by atoms with Gasteiger partial charge in [-0.25, -0.2) is 36.4 Å². The van der Waals surface area contributed by atoms with Crippen molar-refractivity contribution in [3.63, 3.8) is 0 Å². The molecule has 1 unspecified atom stereocenters. The Morgan fingerprint density at radius 3 is 2.38 bits per heavy atom. The third-order valence-electron chi connectivity index (χ3n) is 4.08. The predicted molar refractivity (Wildman–Crippen MR) is 95.1 cm³/mol. The molecule has 2 aromatic carbocycles. The number of nitrogens with two attached hydrogens (primary N) is 2. The molecule has 0 spiro atoms. The summed E-state index contributed by atoms with van der Waals surface area (Å²) in [4.78, 5) is 14.9. The standard InChI is InChI=1S/C17H14F3N5O3S/c18-11-4-2-1-3-10(11)14(16(21)26)9-5-6-12(13(7-9)29(22,27)28)25-8-23-17(24-25)15(19)20/h1-8,14-15H,(H2,21,26)(H2,22,27,28). The van der Waals surface area contributed by atoms with E-state index in [0.717, 1.165) is 23.1 Å². The maximum atomic E-state index is 14.2. The molecule has 0 saturated heterocycles. The molecule has 1 amide bonds. The number of rotatable bonds is 6. The smallest absolute Gasteiger partial charge is 0.299 e. The van der Waals surface area contributed by atoms with Crippen LogP contribution in [0.5, 0.6) is 0 Å². The third-order valence-corrected chi connectivity index (χ3v) is 5.02. The van der Waals surface area contributed by atoms with E-state index in [1.807, 2.05) is 0 Å². The SMILES string of the molecule is NC(=O)C(c1ccc(-n2cnc(C(F)F)n2)c(S(N)(=O)=O)c1)c1ccccc1F. The molecule has 0 aliphatic rings. The molecule has 1 atom stereocenters. The van der Waals surface area contributed by atoms with Gasteiger partial charge < -0.3 is 5.73 Å². The molecule has 1 heterocycles. The molecule has 0 aliphatic carbocycles. The van der Waals surface area contributed by atoms with Crippen LogP contribution in [0.15, 0.2) is 53.7 Å².